The summed E-state index contributed by atoms with van der Waals surface area (Å²) < 4.78 is 0. The lowest BCUT2D eigenvalue weighted by Gasteiger charge is -2.37. The fourth-order valence-electron chi connectivity index (χ4n) is 3.97. The number of imide groups is 1. The van der Waals surface area contributed by atoms with Crippen LogP contribution < -0.4 is 4.90 Å². The first kappa shape index (κ1) is 20.4. The normalized spacial score (nSPS) is 21.2. The molecule has 2 heterocycles. The Hall–Kier alpha value is -1.92. The Kier molecular flexibility index (Phi) is 5.93. The molecule has 2 aliphatic rings. The molecule has 0 aliphatic carbocycles. The fraction of sp³-hybridized carbons (Fsp3) is 0.364. The molecular formula is C22H23Cl2N3O2. The van der Waals surface area contributed by atoms with Crippen molar-refractivity contribution in [2.45, 2.75) is 25.9 Å². The van der Waals surface area contributed by atoms with Crippen LogP contribution >= 0.6 is 23.2 Å². The van der Waals surface area contributed by atoms with Crippen LogP contribution in [0.1, 0.15) is 17.5 Å². The lowest BCUT2D eigenvalue weighted by atomic mass is 10.1. The zero-order valence-electron chi connectivity index (χ0n) is 16.3. The predicted molar refractivity (Wildman–Crippen MR) is 115 cm³/mol. The molecule has 152 valence electrons. The van der Waals surface area contributed by atoms with Gasteiger partial charge in [0.15, 0.2) is 0 Å². The number of carbonyl (C=O) groups excluding carboxylic acids is 2. The molecule has 7 heteroatoms. The first-order valence-corrected chi connectivity index (χ1v) is 10.5. The summed E-state index contributed by atoms with van der Waals surface area (Å²) in [7, 11) is 0. The lowest BCUT2D eigenvalue weighted by Crippen LogP contribution is -2.52. The molecule has 2 aliphatic heterocycles. The largest absolute Gasteiger partial charge is 0.297 e. The molecule has 29 heavy (non-hydrogen) atoms. The third kappa shape index (κ3) is 4.33. The minimum Gasteiger partial charge on any atom is -0.297 e. The van der Waals surface area contributed by atoms with Gasteiger partial charge >= 0.3 is 0 Å². The highest BCUT2D eigenvalue weighted by Gasteiger charge is 2.43. The van der Waals surface area contributed by atoms with E-state index < -0.39 is 0 Å². The summed E-state index contributed by atoms with van der Waals surface area (Å²) in [6, 6.07) is 12.8. The van der Waals surface area contributed by atoms with E-state index in [2.05, 4.69) is 9.80 Å². The zero-order chi connectivity index (χ0) is 20.5. The standard InChI is InChI=1S/C22H23Cl2N3O2/c1-15-2-7-18(12-19(15)24)27-21(28)13-20(22(27)29)26-10-8-25(9-11-26)14-16-3-5-17(23)6-4-16/h2-7,12,20H,8-11,13-14H2,1H3/t20-/m1/s1. The number of halogens is 2. The van der Waals surface area contributed by atoms with E-state index in [1.54, 1.807) is 12.1 Å². The van der Waals surface area contributed by atoms with Gasteiger partial charge < -0.3 is 0 Å². The van der Waals surface area contributed by atoms with Crippen molar-refractivity contribution in [3.63, 3.8) is 0 Å². The average Bonchev–Trinajstić information content (AvgIpc) is 3.01. The number of benzene rings is 2. The summed E-state index contributed by atoms with van der Waals surface area (Å²) in [5.41, 5.74) is 2.69. The second kappa shape index (κ2) is 8.44. The maximum absolute atomic E-state index is 13.0. The van der Waals surface area contributed by atoms with Gasteiger partial charge in [0.25, 0.3) is 5.91 Å². The zero-order valence-corrected chi connectivity index (χ0v) is 17.8. The number of hydrogen-bond acceptors (Lipinski definition) is 4. The molecule has 0 bridgehead atoms. The number of aryl methyl sites for hydroxylation is 1. The van der Waals surface area contributed by atoms with Crippen molar-refractivity contribution in [2.24, 2.45) is 0 Å². The van der Waals surface area contributed by atoms with E-state index in [9.17, 15) is 9.59 Å². The summed E-state index contributed by atoms with van der Waals surface area (Å²) in [5.74, 6) is -0.315. The van der Waals surface area contributed by atoms with Crippen molar-refractivity contribution in [2.75, 3.05) is 31.1 Å². The van der Waals surface area contributed by atoms with Crippen LogP contribution in [0.25, 0.3) is 0 Å². The SMILES string of the molecule is Cc1ccc(N2C(=O)C[C@@H](N3CCN(Cc4ccc(Cl)cc4)CC3)C2=O)cc1Cl. The third-order valence-electron chi connectivity index (χ3n) is 5.70. The summed E-state index contributed by atoms with van der Waals surface area (Å²) in [6.07, 6.45) is 0.224. The molecule has 0 saturated carbocycles. The second-order valence-electron chi connectivity index (χ2n) is 7.66. The van der Waals surface area contributed by atoms with E-state index in [4.69, 9.17) is 23.2 Å². The number of nitrogens with zero attached hydrogens (tertiary/aromatic N) is 3. The van der Waals surface area contributed by atoms with E-state index in [1.807, 2.05) is 37.3 Å². The van der Waals surface area contributed by atoms with Crippen molar-refractivity contribution < 1.29 is 9.59 Å². The van der Waals surface area contributed by atoms with E-state index in [1.165, 1.54) is 10.5 Å². The van der Waals surface area contributed by atoms with Gasteiger partial charge in [0.05, 0.1) is 18.2 Å². The average molecular weight is 432 g/mol. The quantitative estimate of drug-likeness (QED) is 0.691. The number of amides is 2. The predicted octanol–water partition coefficient (Wildman–Crippen LogP) is 3.75. The van der Waals surface area contributed by atoms with Crippen LogP contribution in [0, 0.1) is 6.92 Å². The second-order valence-corrected chi connectivity index (χ2v) is 8.50. The first-order valence-electron chi connectivity index (χ1n) is 9.76. The number of rotatable bonds is 4. The van der Waals surface area contributed by atoms with Gasteiger partial charge in [-0.2, -0.15) is 0 Å². The number of anilines is 1. The van der Waals surface area contributed by atoms with Crippen molar-refractivity contribution in [1.82, 2.24) is 9.80 Å². The molecule has 5 nitrogen and oxygen atoms in total. The van der Waals surface area contributed by atoms with Gasteiger partial charge in [-0.1, -0.05) is 41.4 Å². The smallest absolute Gasteiger partial charge is 0.251 e. The van der Waals surface area contributed by atoms with Gasteiger partial charge in [-0.15, -0.1) is 0 Å². The van der Waals surface area contributed by atoms with E-state index >= 15 is 0 Å². The van der Waals surface area contributed by atoms with Crippen LogP contribution in [0.3, 0.4) is 0 Å². The molecular weight excluding hydrogens is 409 g/mol. The number of carbonyl (C=O) groups is 2. The van der Waals surface area contributed by atoms with Gasteiger partial charge in [-0.05, 0) is 42.3 Å². The topological polar surface area (TPSA) is 43.9 Å². The fourth-order valence-corrected chi connectivity index (χ4v) is 4.28. The van der Waals surface area contributed by atoms with Crippen LogP contribution in [-0.4, -0.2) is 53.8 Å². The van der Waals surface area contributed by atoms with Crippen molar-refractivity contribution in [3.05, 3.63) is 63.6 Å². The van der Waals surface area contributed by atoms with Crippen molar-refractivity contribution >= 4 is 40.7 Å². The molecule has 2 aromatic carbocycles. The van der Waals surface area contributed by atoms with Crippen molar-refractivity contribution in [3.8, 4) is 0 Å². The van der Waals surface area contributed by atoms with Gasteiger partial charge in [0.1, 0.15) is 0 Å². The molecule has 0 unspecified atom stereocenters. The molecule has 4 rings (SSSR count). The summed E-state index contributed by atoms with van der Waals surface area (Å²) >= 11 is 12.1. The van der Waals surface area contributed by atoms with Crippen LogP contribution in [0.4, 0.5) is 5.69 Å². The Balaban J connectivity index is 1.38. The number of hydrogen-bond donors (Lipinski definition) is 0. The number of piperazine rings is 1. The van der Waals surface area contributed by atoms with Crippen LogP contribution in [0.5, 0.6) is 0 Å². The minimum atomic E-state index is -0.389. The highest BCUT2D eigenvalue weighted by molar-refractivity contribution is 6.32. The Morgan fingerprint density at radius 3 is 2.31 bits per heavy atom. The third-order valence-corrected chi connectivity index (χ3v) is 6.36. The van der Waals surface area contributed by atoms with Crippen LogP contribution in [-0.2, 0) is 16.1 Å². The molecule has 2 amide bonds. The van der Waals surface area contributed by atoms with E-state index in [-0.39, 0.29) is 24.3 Å². The van der Waals surface area contributed by atoms with Crippen LogP contribution in [0.2, 0.25) is 10.0 Å². The summed E-state index contributed by atoms with van der Waals surface area (Å²) in [5, 5.41) is 1.30. The summed E-state index contributed by atoms with van der Waals surface area (Å²) in [4.78, 5) is 31.4. The highest BCUT2D eigenvalue weighted by Crippen LogP contribution is 2.29. The molecule has 0 aromatic heterocycles. The van der Waals surface area contributed by atoms with Gasteiger partial charge in [-0.3, -0.25) is 19.4 Å². The van der Waals surface area contributed by atoms with Gasteiger partial charge in [0.2, 0.25) is 5.91 Å². The molecule has 2 saturated heterocycles. The van der Waals surface area contributed by atoms with Crippen molar-refractivity contribution in [1.29, 1.82) is 0 Å². The van der Waals surface area contributed by atoms with Gasteiger partial charge in [0, 0.05) is 42.8 Å². The summed E-state index contributed by atoms with van der Waals surface area (Å²) in [6.45, 7) is 6.00. The van der Waals surface area contributed by atoms with E-state index in [0.717, 1.165) is 43.3 Å². The maximum Gasteiger partial charge on any atom is 0.251 e. The Labute approximate surface area is 180 Å². The lowest BCUT2D eigenvalue weighted by molar-refractivity contribution is -0.123. The van der Waals surface area contributed by atoms with E-state index in [0.29, 0.717) is 10.7 Å². The van der Waals surface area contributed by atoms with Gasteiger partial charge in [-0.25, -0.2) is 4.90 Å². The molecule has 2 fully saturated rings. The minimum absolute atomic E-state index is 0.152. The Morgan fingerprint density at radius 1 is 0.966 bits per heavy atom. The first-order chi connectivity index (χ1) is 13.9. The van der Waals surface area contributed by atoms with Crippen LogP contribution in [0.15, 0.2) is 42.5 Å². The molecule has 0 spiro atoms. The molecule has 0 radical (unpaired) electrons. The Morgan fingerprint density at radius 2 is 1.66 bits per heavy atom. The molecule has 2 aromatic rings. The monoisotopic (exact) mass is 431 g/mol. The molecule has 0 N–H and O–H groups in total. The molecule has 1 atom stereocenters. The Bertz CT molecular complexity index is 924. The highest BCUT2D eigenvalue weighted by atomic mass is 35.5. The maximum atomic E-state index is 13.0.